The molecule has 6 heteroatoms. The van der Waals surface area contributed by atoms with E-state index >= 15 is 0 Å². The van der Waals surface area contributed by atoms with Gasteiger partial charge in [0.25, 0.3) is 0 Å². The van der Waals surface area contributed by atoms with E-state index in [2.05, 4.69) is 4.74 Å². The Balaban J connectivity index is 3.08. The Morgan fingerprint density at radius 1 is 1.41 bits per heavy atom. The standard InChI is InChI=1S/C11H9F3O3/c1-7-2-4-9(17-11(12,13)14)8(6-7)3-5-10(15)16/h2-6H,1H3,(H,15,16)/b5-3+. The Morgan fingerprint density at radius 3 is 2.59 bits per heavy atom. The lowest BCUT2D eigenvalue weighted by Gasteiger charge is -2.11. The van der Waals surface area contributed by atoms with E-state index in [0.717, 1.165) is 18.2 Å². The van der Waals surface area contributed by atoms with E-state index in [9.17, 15) is 18.0 Å². The van der Waals surface area contributed by atoms with Gasteiger partial charge in [-0.3, -0.25) is 0 Å². The first-order chi connectivity index (χ1) is 7.78. The minimum atomic E-state index is -4.80. The summed E-state index contributed by atoms with van der Waals surface area (Å²) in [5, 5.41) is 8.42. The van der Waals surface area contributed by atoms with Crippen molar-refractivity contribution in [1.82, 2.24) is 0 Å². The number of benzene rings is 1. The third-order valence-electron chi connectivity index (χ3n) is 1.80. The van der Waals surface area contributed by atoms with E-state index in [1.807, 2.05) is 0 Å². The van der Waals surface area contributed by atoms with Gasteiger partial charge in [0.1, 0.15) is 5.75 Å². The Kier molecular flexibility index (Phi) is 3.77. The second-order valence-corrected chi connectivity index (χ2v) is 3.26. The molecule has 0 unspecified atom stereocenters. The van der Waals surface area contributed by atoms with Crippen molar-refractivity contribution in [1.29, 1.82) is 0 Å². The molecule has 0 radical (unpaired) electrons. The van der Waals surface area contributed by atoms with Crippen molar-refractivity contribution >= 4 is 12.0 Å². The molecule has 1 N–H and O–H groups in total. The number of aryl methyl sites for hydroxylation is 1. The zero-order valence-corrected chi connectivity index (χ0v) is 8.78. The zero-order chi connectivity index (χ0) is 13.1. The van der Waals surface area contributed by atoms with Gasteiger partial charge in [0.05, 0.1) is 0 Å². The number of carboxylic acid groups (broad SMARTS) is 1. The molecule has 0 atom stereocenters. The van der Waals surface area contributed by atoms with Crippen molar-refractivity contribution < 1.29 is 27.8 Å². The molecule has 0 amide bonds. The number of carbonyl (C=O) groups is 1. The normalized spacial score (nSPS) is 11.8. The molecule has 0 heterocycles. The molecule has 17 heavy (non-hydrogen) atoms. The van der Waals surface area contributed by atoms with Gasteiger partial charge < -0.3 is 9.84 Å². The van der Waals surface area contributed by atoms with E-state index in [1.54, 1.807) is 6.92 Å². The molecule has 92 valence electrons. The fourth-order valence-corrected chi connectivity index (χ4v) is 1.18. The van der Waals surface area contributed by atoms with E-state index in [-0.39, 0.29) is 5.56 Å². The molecule has 0 saturated heterocycles. The van der Waals surface area contributed by atoms with Gasteiger partial charge in [-0.05, 0) is 25.1 Å². The zero-order valence-electron chi connectivity index (χ0n) is 8.78. The fourth-order valence-electron chi connectivity index (χ4n) is 1.18. The van der Waals surface area contributed by atoms with Crippen LogP contribution in [-0.4, -0.2) is 17.4 Å². The predicted octanol–water partition coefficient (Wildman–Crippen LogP) is 2.99. The van der Waals surface area contributed by atoms with Crippen molar-refractivity contribution in [3.8, 4) is 5.75 Å². The van der Waals surface area contributed by atoms with Gasteiger partial charge >= 0.3 is 12.3 Å². The van der Waals surface area contributed by atoms with E-state index in [1.165, 1.54) is 12.1 Å². The molecule has 1 aromatic rings. The lowest BCUT2D eigenvalue weighted by atomic mass is 10.1. The van der Waals surface area contributed by atoms with Crippen molar-refractivity contribution in [2.75, 3.05) is 0 Å². The van der Waals surface area contributed by atoms with Crippen molar-refractivity contribution in [2.24, 2.45) is 0 Å². The second-order valence-electron chi connectivity index (χ2n) is 3.26. The summed E-state index contributed by atoms with van der Waals surface area (Å²) >= 11 is 0. The van der Waals surface area contributed by atoms with Crippen LogP contribution in [0.1, 0.15) is 11.1 Å². The van der Waals surface area contributed by atoms with E-state index < -0.39 is 18.1 Å². The Morgan fingerprint density at radius 2 is 2.06 bits per heavy atom. The molecule has 0 aliphatic rings. The average Bonchev–Trinajstić information content (AvgIpc) is 2.16. The van der Waals surface area contributed by atoms with Gasteiger partial charge in [0, 0.05) is 11.6 Å². The van der Waals surface area contributed by atoms with Crippen LogP contribution in [0.25, 0.3) is 6.08 Å². The number of carboxylic acids is 1. The molecule has 1 aromatic carbocycles. The van der Waals surface area contributed by atoms with Crippen molar-refractivity contribution in [2.45, 2.75) is 13.3 Å². The maximum Gasteiger partial charge on any atom is 0.573 e. The largest absolute Gasteiger partial charge is 0.573 e. The van der Waals surface area contributed by atoms with Crippen molar-refractivity contribution in [3.05, 3.63) is 35.4 Å². The van der Waals surface area contributed by atoms with E-state index in [4.69, 9.17) is 5.11 Å². The summed E-state index contributed by atoms with van der Waals surface area (Å²) in [5.74, 6) is -1.68. The smallest absolute Gasteiger partial charge is 0.478 e. The quantitative estimate of drug-likeness (QED) is 0.834. The lowest BCUT2D eigenvalue weighted by Crippen LogP contribution is -2.17. The first kappa shape index (κ1) is 13.1. The summed E-state index contributed by atoms with van der Waals surface area (Å²) in [7, 11) is 0. The Hall–Kier alpha value is -1.98. The van der Waals surface area contributed by atoms with Gasteiger partial charge in [-0.15, -0.1) is 13.2 Å². The highest BCUT2D eigenvalue weighted by Gasteiger charge is 2.31. The summed E-state index contributed by atoms with van der Waals surface area (Å²) in [6.45, 7) is 1.68. The topological polar surface area (TPSA) is 46.5 Å². The molecular weight excluding hydrogens is 237 g/mol. The third kappa shape index (κ3) is 4.58. The van der Waals surface area contributed by atoms with Gasteiger partial charge in [-0.1, -0.05) is 11.6 Å². The molecule has 0 bridgehead atoms. The number of ether oxygens (including phenoxy) is 1. The first-order valence-corrected chi connectivity index (χ1v) is 4.55. The van der Waals surface area contributed by atoms with Crippen LogP contribution in [0.4, 0.5) is 13.2 Å². The summed E-state index contributed by atoms with van der Waals surface area (Å²) in [6.07, 6.45) is -3.00. The Bertz CT molecular complexity index is 450. The number of rotatable bonds is 3. The number of alkyl halides is 3. The minimum absolute atomic E-state index is 0.0599. The van der Waals surface area contributed by atoms with Gasteiger partial charge in [-0.25, -0.2) is 4.79 Å². The summed E-state index contributed by atoms with van der Waals surface area (Å²) in [6, 6.07) is 3.99. The average molecular weight is 246 g/mol. The van der Waals surface area contributed by atoms with E-state index in [0.29, 0.717) is 5.56 Å². The number of halogens is 3. The van der Waals surface area contributed by atoms with Crippen LogP contribution < -0.4 is 4.74 Å². The summed E-state index contributed by atoms with van der Waals surface area (Å²) < 4.78 is 40.0. The summed E-state index contributed by atoms with van der Waals surface area (Å²) in [5.41, 5.74) is 0.759. The first-order valence-electron chi connectivity index (χ1n) is 4.55. The summed E-state index contributed by atoms with van der Waals surface area (Å²) in [4.78, 5) is 10.3. The fraction of sp³-hybridized carbons (Fsp3) is 0.182. The second kappa shape index (κ2) is 4.90. The van der Waals surface area contributed by atoms with Crippen LogP contribution in [-0.2, 0) is 4.79 Å². The molecule has 3 nitrogen and oxygen atoms in total. The number of hydrogen-bond acceptors (Lipinski definition) is 2. The molecule has 0 spiro atoms. The monoisotopic (exact) mass is 246 g/mol. The van der Waals surface area contributed by atoms with Crippen LogP contribution in [0, 0.1) is 6.92 Å². The highest BCUT2D eigenvalue weighted by atomic mass is 19.4. The predicted molar refractivity (Wildman–Crippen MR) is 54.5 cm³/mol. The molecular formula is C11H9F3O3. The lowest BCUT2D eigenvalue weighted by molar-refractivity contribution is -0.274. The highest BCUT2D eigenvalue weighted by molar-refractivity contribution is 5.85. The maximum atomic E-state index is 12.1. The van der Waals surface area contributed by atoms with Crippen LogP contribution in [0.5, 0.6) is 5.75 Å². The third-order valence-corrected chi connectivity index (χ3v) is 1.80. The SMILES string of the molecule is Cc1ccc(OC(F)(F)F)c(/C=C/C(=O)O)c1. The van der Waals surface area contributed by atoms with Crippen LogP contribution in [0.2, 0.25) is 0 Å². The molecule has 0 aliphatic heterocycles. The van der Waals surface area contributed by atoms with Gasteiger partial charge in [0.15, 0.2) is 0 Å². The number of hydrogen-bond donors (Lipinski definition) is 1. The van der Waals surface area contributed by atoms with Gasteiger partial charge in [0.2, 0.25) is 0 Å². The van der Waals surface area contributed by atoms with Crippen LogP contribution in [0.3, 0.4) is 0 Å². The number of aliphatic carboxylic acids is 1. The molecule has 0 aliphatic carbocycles. The Labute approximate surface area is 95.1 Å². The van der Waals surface area contributed by atoms with Crippen LogP contribution in [0.15, 0.2) is 24.3 Å². The minimum Gasteiger partial charge on any atom is -0.478 e. The molecule has 1 rings (SSSR count). The molecule has 0 fully saturated rings. The molecule has 0 aromatic heterocycles. The van der Waals surface area contributed by atoms with Gasteiger partial charge in [-0.2, -0.15) is 0 Å². The molecule has 0 saturated carbocycles. The highest BCUT2D eigenvalue weighted by Crippen LogP contribution is 2.28. The van der Waals surface area contributed by atoms with Crippen molar-refractivity contribution in [3.63, 3.8) is 0 Å². The maximum absolute atomic E-state index is 12.1. The van der Waals surface area contributed by atoms with Crippen LogP contribution >= 0.6 is 0 Å².